The largest absolute Gasteiger partial charge is 0.309 e. The fraction of sp³-hybridized carbons (Fsp3) is 0.444. The molecular formula is C18H22N4O2. The molecule has 1 heterocycles. The second-order valence-electron chi connectivity index (χ2n) is 6.23. The van der Waals surface area contributed by atoms with Crippen LogP contribution in [-0.2, 0) is 9.59 Å². The molecule has 0 saturated heterocycles. The first-order valence-electron chi connectivity index (χ1n) is 8.46. The van der Waals surface area contributed by atoms with Crippen molar-refractivity contribution in [1.82, 2.24) is 9.97 Å². The van der Waals surface area contributed by atoms with Crippen molar-refractivity contribution in [2.24, 2.45) is 11.8 Å². The van der Waals surface area contributed by atoms with Gasteiger partial charge in [-0.2, -0.15) is 0 Å². The lowest BCUT2D eigenvalue weighted by Gasteiger charge is -2.18. The summed E-state index contributed by atoms with van der Waals surface area (Å²) in [7, 11) is 0. The molecular weight excluding hydrogens is 304 g/mol. The Kier molecular flexibility index (Phi) is 5.36. The number of rotatable bonds is 4. The third kappa shape index (κ3) is 4.28. The lowest BCUT2D eigenvalue weighted by molar-refractivity contribution is -0.120. The number of amides is 2. The van der Waals surface area contributed by atoms with Crippen molar-refractivity contribution in [1.29, 1.82) is 0 Å². The Morgan fingerprint density at radius 1 is 0.833 bits per heavy atom. The van der Waals surface area contributed by atoms with Gasteiger partial charge in [0.05, 0.1) is 12.4 Å². The molecule has 126 valence electrons. The predicted octanol–water partition coefficient (Wildman–Crippen LogP) is 3.07. The highest BCUT2D eigenvalue weighted by Crippen LogP contribution is 2.21. The Hall–Kier alpha value is -2.50. The van der Waals surface area contributed by atoms with E-state index in [4.69, 9.17) is 0 Å². The zero-order valence-electron chi connectivity index (χ0n) is 13.6. The van der Waals surface area contributed by atoms with Gasteiger partial charge in [-0.1, -0.05) is 24.3 Å². The molecule has 2 aliphatic rings. The quantitative estimate of drug-likeness (QED) is 0.833. The number of nitrogens with zero attached hydrogens (tertiary/aromatic N) is 2. The second-order valence-corrected chi connectivity index (χ2v) is 6.23. The summed E-state index contributed by atoms with van der Waals surface area (Å²) in [6.45, 7) is 0. The first kappa shape index (κ1) is 16.4. The van der Waals surface area contributed by atoms with E-state index in [1.165, 1.54) is 12.4 Å². The molecule has 0 spiro atoms. The molecule has 2 atom stereocenters. The van der Waals surface area contributed by atoms with Crippen LogP contribution < -0.4 is 10.6 Å². The molecule has 2 aliphatic carbocycles. The summed E-state index contributed by atoms with van der Waals surface area (Å²) < 4.78 is 0. The minimum Gasteiger partial charge on any atom is -0.309 e. The van der Waals surface area contributed by atoms with E-state index in [0.717, 1.165) is 38.5 Å². The van der Waals surface area contributed by atoms with Crippen molar-refractivity contribution < 1.29 is 9.59 Å². The van der Waals surface area contributed by atoms with Crippen LogP contribution in [0.2, 0.25) is 0 Å². The van der Waals surface area contributed by atoms with Crippen molar-refractivity contribution in [2.45, 2.75) is 38.5 Å². The standard InChI is InChI=1S/C18H22N4O2/c23-17(13-7-3-1-4-8-13)21-15-11-19-12-16(20-15)22-18(24)14-9-5-2-6-10-14/h1-3,5,11-14H,4,6-10H2,(H2,20,21,22,23,24). The van der Waals surface area contributed by atoms with Crippen LogP contribution in [0.1, 0.15) is 38.5 Å². The number of hydrogen-bond donors (Lipinski definition) is 2. The monoisotopic (exact) mass is 326 g/mol. The molecule has 24 heavy (non-hydrogen) atoms. The molecule has 0 aromatic carbocycles. The summed E-state index contributed by atoms with van der Waals surface area (Å²) in [6.07, 6.45) is 16.3. The van der Waals surface area contributed by atoms with Crippen molar-refractivity contribution in [3.8, 4) is 0 Å². The number of aromatic nitrogens is 2. The molecule has 1 aromatic rings. The number of carbonyl (C=O) groups excluding carboxylic acids is 2. The van der Waals surface area contributed by atoms with Gasteiger partial charge < -0.3 is 10.6 Å². The Bertz CT molecular complexity index is 615. The Morgan fingerprint density at radius 3 is 1.75 bits per heavy atom. The minimum absolute atomic E-state index is 0.0240. The van der Waals surface area contributed by atoms with E-state index in [-0.39, 0.29) is 23.7 Å². The van der Waals surface area contributed by atoms with Gasteiger partial charge in [0.1, 0.15) is 0 Å². The Morgan fingerprint density at radius 2 is 1.33 bits per heavy atom. The van der Waals surface area contributed by atoms with Gasteiger partial charge in [-0.25, -0.2) is 4.98 Å². The summed E-state index contributed by atoms with van der Waals surface area (Å²) in [5.41, 5.74) is 0. The number of anilines is 2. The Balaban J connectivity index is 1.59. The van der Waals surface area contributed by atoms with E-state index in [1.807, 2.05) is 12.2 Å². The van der Waals surface area contributed by atoms with Crippen LogP contribution in [0, 0.1) is 11.8 Å². The maximum atomic E-state index is 12.2. The van der Waals surface area contributed by atoms with Gasteiger partial charge in [0, 0.05) is 11.8 Å². The topological polar surface area (TPSA) is 84.0 Å². The molecule has 6 nitrogen and oxygen atoms in total. The van der Waals surface area contributed by atoms with Gasteiger partial charge in [0.15, 0.2) is 11.6 Å². The smallest absolute Gasteiger partial charge is 0.229 e. The molecule has 3 rings (SSSR count). The molecule has 1 aromatic heterocycles. The number of carbonyl (C=O) groups is 2. The highest BCUT2D eigenvalue weighted by atomic mass is 16.2. The van der Waals surface area contributed by atoms with E-state index in [2.05, 4.69) is 32.8 Å². The Labute approximate surface area is 141 Å². The van der Waals surface area contributed by atoms with Crippen molar-refractivity contribution in [3.63, 3.8) is 0 Å². The second kappa shape index (κ2) is 7.86. The molecule has 0 radical (unpaired) electrons. The van der Waals surface area contributed by atoms with Crippen molar-refractivity contribution >= 4 is 23.5 Å². The molecule has 0 bridgehead atoms. The van der Waals surface area contributed by atoms with E-state index < -0.39 is 0 Å². The van der Waals surface area contributed by atoms with Crippen LogP contribution in [0.3, 0.4) is 0 Å². The molecule has 2 unspecified atom stereocenters. The molecule has 0 fully saturated rings. The first-order chi connectivity index (χ1) is 11.7. The highest BCUT2D eigenvalue weighted by Gasteiger charge is 2.21. The SMILES string of the molecule is O=C(Nc1cncc(NC(=O)C2CC=CCC2)n1)C1CC=CCC1. The van der Waals surface area contributed by atoms with Gasteiger partial charge in [-0.05, 0) is 38.5 Å². The maximum absolute atomic E-state index is 12.2. The fourth-order valence-electron chi connectivity index (χ4n) is 3.01. The summed E-state index contributed by atoms with van der Waals surface area (Å²) in [6, 6.07) is 0. The zero-order valence-corrected chi connectivity index (χ0v) is 13.6. The average Bonchev–Trinajstić information content (AvgIpc) is 2.63. The van der Waals surface area contributed by atoms with E-state index in [1.54, 1.807) is 0 Å². The third-order valence-corrected chi connectivity index (χ3v) is 4.42. The summed E-state index contributed by atoms with van der Waals surface area (Å²) in [4.78, 5) is 32.8. The van der Waals surface area contributed by atoms with Crippen LogP contribution in [0.5, 0.6) is 0 Å². The van der Waals surface area contributed by atoms with E-state index in [9.17, 15) is 9.59 Å². The van der Waals surface area contributed by atoms with Crippen LogP contribution in [0.25, 0.3) is 0 Å². The van der Waals surface area contributed by atoms with Crippen LogP contribution in [0.4, 0.5) is 11.6 Å². The van der Waals surface area contributed by atoms with Gasteiger partial charge in [0.2, 0.25) is 11.8 Å². The lowest BCUT2D eigenvalue weighted by Crippen LogP contribution is -2.25. The van der Waals surface area contributed by atoms with Gasteiger partial charge in [-0.3, -0.25) is 14.6 Å². The lowest BCUT2D eigenvalue weighted by atomic mass is 9.94. The summed E-state index contributed by atoms with van der Waals surface area (Å²) in [5.74, 6) is 0.601. The van der Waals surface area contributed by atoms with Crippen LogP contribution in [-0.4, -0.2) is 21.8 Å². The third-order valence-electron chi connectivity index (χ3n) is 4.42. The maximum Gasteiger partial charge on any atom is 0.229 e. The molecule has 2 N–H and O–H groups in total. The molecule has 6 heteroatoms. The average molecular weight is 326 g/mol. The minimum atomic E-state index is -0.0467. The number of nitrogens with one attached hydrogen (secondary N) is 2. The van der Waals surface area contributed by atoms with E-state index >= 15 is 0 Å². The summed E-state index contributed by atoms with van der Waals surface area (Å²) in [5, 5.41) is 5.59. The number of hydrogen-bond acceptors (Lipinski definition) is 4. The van der Waals surface area contributed by atoms with Crippen LogP contribution >= 0.6 is 0 Å². The molecule has 0 aliphatic heterocycles. The van der Waals surface area contributed by atoms with Crippen molar-refractivity contribution in [3.05, 3.63) is 36.7 Å². The molecule has 2 amide bonds. The predicted molar refractivity (Wildman–Crippen MR) is 92.3 cm³/mol. The van der Waals surface area contributed by atoms with Gasteiger partial charge in [-0.15, -0.1) is 0 Å². The summed E-state index contributed by atoms with van der Waals surface area (Å²) >= 11 is 0. The fourth-order valence-corrected chi connectivity index (χ4v) is 3.01. The normalized spacial score (nSPS) is 22.8. The first-order valence-corrected chi connectivity index (χ1v) is 8.46. The van der Waals surface area contributed by atoms with Gasteiger partial charge in [0.25, 0.3) is 0 Å². The molecule has 0 saturated carbocycles. The van der Waals surface area contributed by atoms with Crippen LogP contribution in [0.15, 0.2) is 36.7 Å². The van der Waals surface area contributed by atoms with Gasteiger partial charge >= 0.3 is 0 Å². The zero-order chi connectivity index (χ0) is 16.8. The van der Waals surface area contributed by atoms with E-state index in [0.29, 0.717) is 11.6 Å². The highest BCUT2D eigenvalue weighted by molar-refractivity contribution is 5.93. The number of allylic oxidation sites excluding steroid dienone is 4. The van der Waals surface area contributed by atoms with Crippen molar-refractivity contribution in [2.75, 3.05) is 10.6 Å².